The average molecular weight is 609 g/mol. The zero-order valence-electron chi connectivity index (χ0n) is 19.2. The van der Waals surface area contributed by atoms with Gasteiger partial charge in [0.1, 0.15) is 18.4 Å². The van der Waals surface area contributed by atoms with Crippen molar-refractivity contribution in [1.82, 2.24) is 10.2 Å². The Kier molecular flexibility index (Phi) is 8.84. The van der Waals surface area contributed by atoms with E-state index in [9.17, 15) is 22.4 Å². The SMILES string of the molecule is CNC(=O)[C@H](C)N(Cc1ccccc1F)C(=O)CN(c1ccc(I)cc1)S(=O)(=O)c1ccccc1. The number of nitrogens with one attached hydrogen (secondary N) is 1. The number of carbonyl (C=O) groups excluding carboxylic acids is 2. The van der Waals surface area contributed by atoms with Gasteiger partial charge in [0, 0.05) is 22.7 Å². The molecule has 0 aliphatic carbocycles. The van der Waals surface area contributed by atoms with Gasteiger partial charge in [0.25, 0.3) is 10.0 Å². The number of halogens is 2. The number of anilines is 1. The van der Waals surface area contributed by atoms with E-state index in [2.05, 4.69) is 27.9 Å². The second-order valence-corrected chi connectivity index (χ2v) is 10.8. The molecule has 10 heteroatoms. The fourth-order valence-electron chi connectivity index (χ4n) is 3.46. The van der Waals surface area contributed by atoms with Gasteiger partial charge in [-0.15, -0.1) is 0 Å². The molecule has 3 aromatic carbocycles. The summed E-state index contributed by atoms with van der Waals surface area (Å²) in [4.78, 5) is 27.2. The summed E-state index contributed by atoms with van der Waals surface area (Å²) < 4.78 is 43.4. The van der Waals surface area contributed by atoms with Crippen LogP contribution in [-0.4, -0.2) is 44.8 Å². The van der Waals surface area contributed by atoms with Gasteiger partial charge in [-0.25, -0.2) is 12.8 Å². The van der Waals surface area contributed by atoms with Gasteiger partial charge in [-0.05, 0) is 72.0 Å². The molecule has 0 aromatic heterocycles. The smallest absolute Gasteiger partial charge is 0.264 e. The Labute approximate surface area is 218 Å². The Bertz CT molecular complexity index is 1290. The normalized spacial score (nSPS) is 12.0. The highest BCUT2D eigenvalue weighted by molar-refractivity contribution is 14.1. The third kappa shape index (κ3) is 6.37. The number of sulfonamides is 1. The van der Waals surface area contributed by atoms with Crippen LogP contribution in [0.2, 0.25) is 0 Å². The topological polar surface area (TPSA) is 86.8 Å². The summed E-state index contributed by atoms with van der Waals surface area (Å²) in [5.41, 5.74) is 0.504. The Hall–Kier alpha value is -2.99. The maximum Gasteiger partial charge on any atom is 0.264 e. The van der Waals surface area contributed by atoms with Crippen LogP contribution in [0.5, 0.6) is 0 Å². The van der Waals surface area contributed by atoms with E-state index in [-0.39, 0.29) is 17.0 Å². The molecule has 0 aliphatic rings. The molecule has 0 radical (unpaired) electrons. The van der Waals surface area contributed by atoms with Crippen molar-refractivity contribution in [2.24, 2.45) is 0 Å². The molecule has 7 nitrogen and oxygen atoms in total. The third-order valence-corrected chi connectivity index (χ3v) is 7.94. The fraction of sp³-hybridized carbons (Fsp3) is 0.200. The van der Waals surface area contributed by atoms with Crippen LogP contribution in [0.4, 0.5) is 10.1 Å². The summed E-state index contributed by atoms with van der Waals surface area (Å²) in [6.07, 6.45) is 0. The van der Waals surface area contributed by atoms with Gasteiger partial charge in [0.15, 0.2) is 0 Å². The van der Waals surface area contributed by atoms with E-state index in [1.165, 1.54) is 49.2 Å². The Morgan fingerprint density at radius 2 is 1.57 bits per heavy atom. The molecule has 3 rings (SSSR count). The summed E-state index contributed by atoms with van der Waals surface area (Å²) in [5.74, 6) is -1.63. The number of likely N-dealkylation sites (N-methyl/N-ethyl adjacent to an activating group) is 1. The van der Waals surface area contributed by atoms with Crippen LogP contribution in [-0.2, 0) is 26.2 Å². The monoisotopic (exact) mass is 609 g/mol. The number of benzene rings is 3. The maximum atomic E-state index is 14.4. The number of rotatable bonds is 9. The van der Waals surface area contributed by atoms with Crippen molar-refractivity contribution in [3.8, 4) is 0 Å². The number of hydrogen-bond acceptors (Lipinski definition) is 4. The van der Waals surface area contributed by atoms with Gasteiger partial charge in [0.2, 0.25) is 11.8 Å². The minimum atomic E-state index is -4.12. The van der Waals surface area contributed by atoms with Gasteiger partial charge in [-0.3, -0.25) is 13.9 Å². The number of amides is 2. The predicted octanol–water partition coefficient (Wildman–Crippen LogP) is 3.79. The largest absolute Gasteiger partial charge is 0.357 e. The quantitative estimate of drug-likeness (QED) is 0.375. The van der Waals surface area contributed by atoms with Crippen molar-refractivity contribution in [1.29, 1.82) is 0 Å². The summed E-state index contributed by atoms with van der Waals surface area (Å²) in [5, 5.41) is 2.49. The number of nitrogens with zero attached hydrogens (tertiary/aromatic N) is 2. The lowest BCUT2D eigenvalue weighted by Crippen LogP contribution is -2.50. The minimum Gasteiger partial charge on any atom is -0.357 e. The summed E-state index contributed by atoms with van der Waals surface area (Å²) in [6.45, 7) is 0.734. The van der Waals surface area contributed by atoms with Crippen molar-refractivity contribution >= 4 is 50.1 Å². The molecular formula is C25H25FIN3O4S. The lowest BCUT2D eigenvalue weighted by atomic mass is 10.1. The first kappa shape index (κ1) is 26.6. The van der Waals surface area contributed by atoms with Gasteiger partial charge < -0.3 is 10.2 Å². The molecule has 0 saturated carbocycles. The lowest BCUT2D eigenvalue weighted by molar-refractivity contribution is -0.139. The standard InChI is InChI=1S/C25H25FIN3O4S/c1-18(25(32)28-2)29(16-19-8-6-7-11-23(19)26)24(31)17-30(21-14-12-20(27)13-15-21)35(33,34)22-9-4-3-5-10-22/h3-15,18H,16-17H2,1-2H3,(H,28,32)/t18-/m0/s1. The lowest BCUT2D eigenvalue weighted by Gasteiger charge is -2.31. The fourth-order valence-corrected chi connectivity index (χ4v) is 5.25. The molecule has 1 atom stereocenters. The van der Waals surface area contributed by atoms with Crippen molar-refractivity contribution in [2.75, 3.05) is 17.9 Å². The molecular weight excluding hydrogens is 584 g/mol. The van der Waals surface area contributed by atoms with E-state index in [0.717, 1.165) is 7.88 Å². The van der Waals surface area contributed by atoms with Crippen LogP contribution in [0.1, 0.15) is 12.5 Å². The third-order valence-electron chi connectivity index (χ3n) is 5.44. The molecule has 1 N–H and O–H groups in total. The van der Waals surface area contributed by atoms with Crippen LogP contribution in [0.3, 0.4) is 0 Å². The minimum absolute atomic E-state index is 0.0198. The zero-order chi connectivity index (χ0) is 25.6. The molecule has 0 unspecified atom stereocenters. The van der Waals surface area contributed by atoms with Crippen LogP contribution in [0, 0.1) is 9.39 Å². The molecule has 0 fully saturated rings. The van der Waals surface area contributed by atoms with Crippen LogP contribution in [0.15, 0.2) is 83.8 Å². The van der Waals surface area contributed by atoms with Crippen LogP contribution < -0.4 is 9.62 Å². The molecule has 0 spiro atoms. The van der Waals surface area contributed by atoms with Crippen molar-refractivity contribution in [3.63, 3.8) is 0 Å². The number of carbonyl (C=O) groups is 2. The van der Waals surface area contributed by atoms with Crippen molar-refractivity contribution in [3.05, 3.63) is 93.8 Å². The zero-order valence-corrected chi connectivity index (χ0v) is 22.2. The van der Waals surface area contributed by atoms with E-state index in [1.807, 2.05) is 0 Å². The van der Waals surface area contributed by atoms with Gasteiger partial charge in [-0.1, -0.05) is 36.4 Å². The van der Waals surface area contributed by atoms with Crippen LogP contribution in [0.25, 0.3) is 0 Å². The molecule has 184 valence electrons. The van der Waals surface area contributed by atoms with E-state index in [0.29, 0.717) is 5.69 Å². The first-order valence-corrected chi connectivity index (χ1v) is 13.2. The van der Waals surface area contributed by atoms with E-state index in [4.69, 9.17) is 0 Å². The molecule has 2 amide bonds. The molecule has 0 saturated heterocycles. The highest BCUT2D eigenvalue weighted by atomic mass is 127. The number of hydrogen-bond donors (Lipinski definition) is 1. The first-order valence-electron chi connectivity index (χ1n) is 10.7. The second kappa shape index (κ2) is 11.6. The maximum absolute atomic E-state index is 14.4. The highest BCUT2D eigenvalue weighted by Crippen LogP contribution is 2.25. The van der Waals surface area contributed by atoms with E-state index in [1.54, 1.807) is 48.5 Å². The van der Waals surface area contributed by atoms with Crippen LogP contribution >= 0.6 is 22.6 Å². The van der Waals surface area contributed by atoms with Gasteiger partial charge in [-0.2, -0.15) is 0 Å². The summed E-state index contributed by atoms with van der Waals surface area (Å²) >= 11 is 2.10. The molecule has 0 heterocycles. The summed E-state index contributed by atoms with van der Waals surface area (Å²) in [6, 6.07) is 19.4. The Morgan fingerprint density at radius 3 is 2.17 bits per heavy atom. The molecule has 0 bridgehead atoms. The molecule has 3 aromatic rings. The second-order valence-electron chi connectivity index (χ2n) is 7.70. The first-order chi connectivity index (χ1) is 16.6. The molecule has 0 aliphatic heterocycles. The predicted molar refractivity (Wildman–Crippen MR) is 141 cm³/mol. The van der Waals surface area contributed by atoms with E-state index < -0.39 is 40.2 Å². The van der Waals surface area contributed by atoms with E-state index >= 15 is 0 Å². The van der Waals surface area contributed by atoms with Crippen molar-refractivity contribution < 1.29 is 22.4 Å². The average Bonchev–Trinajstić information content (AvgIpc) is 2.86. The Balaban J connectivity index is 2.02. The molecule has 35 heavy (non-hydrogen) atoms. The Morgan fingerprint density at radius 1 is 0.971 bits per heavy atom. The van der Waals surface area contributed by atoms with Crippen molar-refractivity contribution in [2.45, 2.75) is 24.4 Å². The van der Waals surface area contributed by atoms with Gasteiger partial charge in [0.05, 0.1) is 10.6 Å². The summed E-state index contributed by atoms with van der Waals surface area (Å²) in [7, 11) is -2.69. The van der Waals surface area contributed by atoms with Gasteiger partial charge >= 0.3 is 0 Å². The highest BCUT2D eigenvalue weighted by Gasteiger charge is 2.32.